The molecule has 0 saturated heterocycles. The fourth-order valence-electron chi connectivity index (χ4n) is 1.37. The Bertz CT molecular complexity index is 411. The lowest BCUT2D eigenvalue weighted by Gasteiger charge is -2.07. The number of aromatic nitrogens is 2. The number of nitrogens with zero attached hydrogens (tertiary/aromatic N) is 1. The van der Waals surface area contributed by atoms with Crippen molar-refractivity contribution in [3.63, 3.8) is 0 Å². The van der Waals surface area contributed by atoms with Crippen LogP contribution in [0, 0.1) is 5.82 Å². The maximum absolute atomic E-state index is 12.7. The van der Waals surface area contributed by atoms with Crippen LogP contribution in [0.25, 0.3) is 0 Å². The molecular weight excluding hydrogens is 259 g/mol. The van der Waals surface area contributed by atoms with Crippen LogP contribution in [0.5, 0.6) is 0 Å². The zero-order valence-corrected chi connectivity index (χ0v) is 9.54. The van der Waals surface area contributed by atoms with E-state index >= 15 is 0 Å². The van der Waals surface area contributed by atoms with Gasteiger partial charge in [0.1, 0.15) is 11.6 Å². The van der Waals surface area contributed by atoms with Crippen molar-refractivity contribution in [1.82, 2.24) is 9.97 Å². The molecule has 2 nitrogen and oxygen atoms in total. The smallest absolute Gasteiger partial charge is 0.123 e. The molecule has 0 amide bonds. The number of hydrogen-bond acceptors (Lipinski definition) is 1. The molecule has 0 aliphatic heterocycles. The first-order valence-electron chi connectivity index (χ1n) is 4.63. The first kappa shape index (κ1) is 10.4. The van der Waals surface area contributed by atoms with E-state index in [2.05, 4.69) is 25.9 Å². The summed E-state index contributed by atoms with van der Waals surface area (Å²) in [5.41, 5.74) is 1.05. The molecule has 0 aliphatic rings. The van der Waals surface area contributed by atoms with E-state index in [-0.39, 0.29) is 10.6 Å². The maximum atomic E-state index is 12.7. The van der Waals surface area contributed by atoms with Crippen LogP contribution < -0.4 is 0 Å². The molecular formula is C11H10BrFN2. The van der Waals surface area contributed by atoms with Crippen molar-refractivity contribution in [2.45, 2.75) is 11.2 Å². The van der Waals surface area contributed by atoms with Gasteiger partial charge in [0.05, 0.1) is 0 Å². The second kappa shape index (κ2) is 4.57. The van der Waals surface area contributed by atoms with Crippen LogP contribution in [0.3, 0.4) is 0 Å². The fraction of sp³-hybridized carbons (Fsp3) is 0.182. The summed E-state index contributed by atoms with van der Waals surface area (Å²) in [5, 5.41) is 0. The molecule has 78 valence electrons. The third-order valence-electron chi connectivity index (χ3n) is 2.16. The molecule has 2 aromatic rings. The van der Waals surface area contributed by atoms with Crippen molar-refractivity contribution in [2.24, 2.45) is 0 Å². The number of nitrogens with one attached hydrogen (secondary N) is 1. The van der Waals surface area contributed by atoms with Gasteiger partial charge >= 0.3 is 0 Å². The highest BCUT2D eigenvalue weighted by atomic mass is 79.9. The molecule has 1 aromatic heterocycles. The summed E-state index contributed by atoms with van der Waals surface area (Å²) >= 11 is 3.55. The molecule has 1 atom stereocenters. The van der Waals surface area contributed by atoms with E-state index < -0.39 is 0 Å². The summed E-state index contributed by atoms with van der Waals surface area (Å²) < 4.78 is 12.7. The van der Waals surface area contributed by atoms with Crippen LogP contribution in [0.1, 0.15) is 16.2 Å². The number of H-pyrrole nitrogens is 1. The Labute approximate surface area is 95.7 Å². The number of aromatic amines is 1. The largest absolute Gasteiger partial charge is 0.349 e. The third-order valence-corrected chi connectivity index (χ3v) is 3.01. The average Bonchev–Trinajstić information content (AvgIpc) is 2.71. The van der Waals surface area contributed by atoms with Gasteiger partial charge in [-0.1, -0.05) is 28.1 Å². The van der Waals surface area contributed by atoms with E-state index in [0.29, 0.717) is 0 Å². The van der Waals surface area contributed by atoms with Gasteiger partial charge in [-0.05, 0) is 17.7 Å². The Balaban J connectivity index is 2.08. The molecule has 0 saturated carbocycles. The molecule has 1 N–H and O–H groups in total. The first-order chi connectivity index (χ1) is 7.25. The maximum Gasteiger partial charge on any atom is 0.123 e. The van der Waals surface area contributed by atoms with Crippen LogP contribution >= 0.6 is 15.9 Å². The number of imidazole rings is 1. The van der Waals surface area contributed by atoms with Gasteiger partial charge in [0.2, 0.25) is 0 Å². The van der Waals surface area contributed by atoms with E-state index in [0.717, 1.165) is 17.8 Å². The molecule has 1 unspecified atom stereocenters. The predicted octanol–water partition coefficient (Wildman–Crippen LogP) is 3.23. The lowest BCUT2D eigenvalue weighted by molar-refractivity contribution is 0.627. The van der Waals surface area contributed by atoms with Gasteiger partial charge in [-0.2, -0.15) is 0 Å². The zero-order valence-electron chi connectivity index (χ0n) is 7.95. The van der Waals surface area contributed by atoms with Crippen molar-refractivity contribution in [3.8, 4) is 0 Å². The quantitative estimate of drug-likeness (QED) is 0.851. The summed E-state index contributed by atoms with van der Waals surface area (Å²) in [4.78, 5) is 7.33. The summed E-state index contributed by atoms with van der Waals surface area (Å²) in [5.74, 6) is 0.706. The van der Waals surface area contributed by atoms with Crippen LogP contribution in [-0.4, -0.2) is 9.97 Å². The van der Waals surface area contributed by atoms with Gasteiger partial charge in [-0.15, -0.1) is 0 Å². The van der Waals surface area contributed by atoms with Crippen molar-refractivity contribution >= 4 is 15.9 Å². The minimum atomic E-state index is -0.212. The Morgan fingerprint density at radius 1 is 1.33 bits per heavy atom. The summed E-state index contributed by atoms with van der Waals surface area (Å²) in [7, 11) is 0. The second-order valence-electron chi connectivity index (χ2n) is 3.26. The monoisotopic (exact) mass is 268 g/mol. The molecule has 1 aromatic carbocycles. The minimum absolute atomic E-state index is 0.157. The molecule has 4 heteroatoms. The summed E-state index contributed by atoms with van der Waals surface area (Å²) in [6, 6.07) is 6.48. The highest BCUT2D eigenvalue weighted by Gasteiger charge is 2.09. The lowest BCUT2D eigenvalue weighted by atomic mass is 10.1. The van der Waals surface area contributed by atoms with E-state index in [9.17, 15) is 4.39 Å². The van der Waals surface area contributed by atoms with Gasteiger partial charge in [0.15, 0.2) is 0 Å². The highest BCUT2D eigenvalue weighted by Crippen LogP contribution is 2.25. The van der Waals surface area contributed by atoms with Crippen LogP contribution in [0.15, 0.2) is 36.7 Å². The molecule has 0 spiro atoms. The zero-order chi connectivity index (χ0) is 10.7. The van der Waals surface area contributed by atoms with E-state index in [4.69, 9.17) is 0 Å². The van der Waals surface area contributed by atoms with E-state index in [1.807, 2.05) is 0 Å². The lowest BCUT2D eigenvalue weighted by Crippen LogP contribution is -1.97. The molecule has 15 heavy (non-hydrogen) atoms. The molecule has 0 radical (unpaired) electrons. The van der Waals surface area contributed by atoms with Gasteiger partial charge in [0.25, 0.3) is 0 Å². The van der Waals surface area contributed by atoms with Crippen molar-refractivity contribution in [3.05, 3.63) is 53.9 Å². The standard InChI is InChI=1S/C11H10BrFN2/c12-10(7-11-14-5-6-15-11)8-1-3-9(13)4-2-8/h1-6,10H,7H2,(H,14,15). The topological polar surface area (TPSA) is 28.7 Å². The number of rotatable bonds is 3. The Morgan fingerprint density at radius 3 is 2.67 bits per heavy atom. The predicted molar refractivity (Wildman–Crippen MR) is 60.4 cm³/mol. The number of benzene rings is 1. The highest BCUT2D eigenvalue weighted by molar-refractivity contribution is 9.09. The van der Waals surface area contributed by atoms with Crippen molar-refractivity contribution < 1.29 is 4.39 Å². The summed E-state index contributed by atoms with van der Waals surface area (Å²) in [6.45, 7) is 0. The van der Waals surface area contributed by atoms with Gasteiger partial charge in [-0.3, -0.25) is 0 Å². The van der Waals surface area contributed by atoms with Crippen molar-refractivity contribution in [2.75, 3.05) is 0 Å². The van der Waals surface area contributed by atoms with Crippen LogP contribution in [-0.2, 0) is 6.42 Å². The van der Waals surface area contributed by atoms with Gasteiger partial charge in [0, 0.05) is 23.6 Å². The van der Waals surface area contributed by atoms with Crippen LogP contribution in [0.4, 0.5) is 4.39 Å². The summed E-state index contributed by atoms with van der Waals surface area (Å²) in [6.07, 6.45) is 4.28. The molecule has 2 rings (SSSR count). The number of alkyl halides is 1. The third kappa shape index (κ3) is 2.65. The number of halogens is 2. The van der Waals surface area contributed by atoms with E-state index in [1.165, 1.54) is 12.1 Å². The van der Waals surface area contributed by atoms with Gasteiger partial charge in [-0.25, -0.2) is 9.37 Å². The molecule has 1 heterocycles. The fourth-order valence-corrected chi connectivity index (χ4v) is 1.98. The number of hydrogen-bond donors (Lipinski definition) is 1. The molecule has 0 fully saturated rings. The second-order valence-corrected chi connectivity index (χ2v) is 4.36. The van der Waals surface area contributed by atoms with Crippen LogP contribution in [0.2, 0.25) is 0 Å². The van der Waals surface area contributed by atoms with Gasteiger partial charge < -0.3 is 4.98 Å². The minimum Gasteiger partial charge on any atom is -0.349 e. The normalized spacial score (nSPS) is 12.7. The first-order valence-corrected chi connectivity index (χ1v) is 5.55. The Hall–Kier alpha value is -1.16. The molecule has 0 bridgehead atoms. The average molecular weight is 269 g/mol. The Morgan fingerprint density at radius 2 is 2.07 bits per heavy atom. The SMILES string of the molecule is Fc1ccc(C(Br)Cc2ncc[nH]2)cc1. The van der Waals surface area contributed by atoms with Crippen molar-refractivity contribution in [1.29, 1.82) is 0 Å². The van der Waals surface area contributed by atoms with E-state index in [1.54, 1.807) is 24.5 Å². The molecule has 0 aliphatic carbocycles. The Kier molecular flexibility index (Phi) is 3.16.